The number of halogens is 1. The van der Waals surface area contributed by atoms with Crippen LogP contribution in [0.25, 0.3) is 0 Å². The number of aryl methyl sites for hydroxylation is 1. The van der Waals surface area contributed by atoms with Crippen LogP contribution in [0.1, 0.15) is 18.2 Å². The smallest absolute Gasteiger partial charge is 0.311 e. The average Bonchev–Trinajstić information content (AvgIpc) is 2.93. The number of nitrogens with zero attached hydrogens (tertiary/aromatic N) is 1. The number of amides is 1. The van der Waals surface area contributed by atoms with Crippen molar-refractivity contribution in [2.24, 2.45) is 0 Å². The Morgan fingerprint density at radius 3 is 2.92 bits per heavy atom. The van der Waals surface area contributed by atoms with Crippen molar-refractivity contribution < 1.29 is 14.3 Å². The molecule has 0 aliphatic rings. The van der Waals surface area contributed by atoms with Crippen LogP contribution in [0.2, 0.25) is 0 Å². The quantitative estimate of drug-likeness (QED) is 0.531. The highest BCUT2D eigenvalue weighted by Crippen LogP contribution is 2.25. The third-order valence-corrected chi connectivity index (χ3v) is 5.40. The van der Waals surface area contributed by atoms with Gasteiger partial charge in [-0.15, -0.1) is 23.1 Å². The normalized spacial score (nSPS) is 10.5. The molecule has 128 valence electrons. The first-order valence-electron chi connectivity index (χ1n) is 7.26. The summed E-state index contributed by atoms with van der Waals surface area (Å²) in [4.78, 5) is 28.7. The minimum absolute atomic E-state index is 0.118. The van der Waals surface area contributed by atoms with E-state index in [4.69, 9.17) is 4.74 Å². The summed E-state index contributed by atoms with van der Waals surface area (Å²) in [5.41, 5.74) is 1.72. The van der Waals surface area contributed by atoms with Crippen LogP contribution in [0.3, 0.4) is 0 Å². The molecule has 1 heterocycles. The van der Waals surface area contributed by atoms with Gasteiger partial charge >= 0.3 is 5.97 Å². The van der Waals surface area contributed by atoms with Crippen molar-refractivity contribution in [2.45, 2.75) is 25.2 Å². The van der Waals surface area contributed by atoms with E-state index in [1.54, 1.807) is 12.3 Å². The van der Waals surface area contributed by atoms with Crippen LogP contribution in [-0.4, -0.2) is 29.2 Å². The van der Waals surface area contributed by atoms with Crippen LogP contribution in [0, 0.1) is 6.92 Å². The van der Waals surface area contributed by atoms with Gasteiger partial charge in [-0.05, 0) is 37.6 Å². The number of thiazole rings is 1. The maximum Gasteiger partial charge on any atom is 0.311 e. The molecule has 24 heavy (non-hydrogen) atoms. The minimum atomic E-state index is -0.318. The molecule has 0 radical (unpaired) electrons. The van der Waals surface area contributed by atoms with Crippen molar-refractivity contribution in [1.29, 1.82) is 0 Å². The van der Waals surface area contributed by atoms with Gasteiger partial charge in [0.15, 0.2) is 5.13 Å². The molecule has 0 fully saturated rings. The number of rotatable bonds is 7. The lowest BCUT2D eigenvalue weighted by molar-refractivity contribution is -0.142. The molecule has 0 aliphatic heterocycles. The van der Waals surface area contributed by atoms with Gasteiger partial charge in [0, 0.05) is 14.7 Å². The lowest BCUT2D eigenvalue weighted by atomic mass is 10.2. The first-order valence-corrected chi connectivity index (χ1v) is 9.92. The van der Waals surface area contributed by atoms with Crippen LogP contribution in [0.15, 0.2) is 32.9 Å². The minimum Gasteiger partial charge on any atom is -0.466 e. The highest BCUT2D eigenvalue weighted by molar-refractivity contribution is 9.10. The number of hydrogen-bond donors (Lipinski definition) is 1. The van der Waals surface area contributed by atoms with E-state index in [2.05, 4.69) is 26.2 Å². The zero-order chi connectivity index (χ0) is 17.5. The summed E-state index contributed by atoms with van der Waals surface area (Å²) in [6.07, 6.45) is 0.118. The molecule has 0 spiro atoms. The largest absolute Gasteiger partial charge is 0.466 e. The van der Waals surface area contributed by atoms with Crippen molar-refractivity contribution >= 4 is 56.0 Å². The van der Waals surface area contributed by atoms with Gasteiger partial charge < -0.3 is 10.1 Å². The van der Waals surface area contributed by atoms with Gasteiger partial charge in [-0.1, -0.05) is 15.9 Å². The lowest BCUT2D eigenvalue weighted by Gasteiger charge is -2.06. The molecule has 0 saturated carbocycles. The SMILES string of the molecule is CCOC(=O)Cc1csc(NC(=O)CSc2ccc(Br)cc2C)n1. The molecule has 2 aromatic rings. The fourth-order valence-electron chi connectivity index (χ4n) is 1.88. The van der Waals surface area contributed by atoms with E-state index in [9.17, 15) is 9.59 Å². The Labute approximate surface area is 157 Å². The van der Waals surface area contributed by atoms with Crippen molar-refractivity contribution in [3.8, 4) is 0 Å². The number of esters is 1. The number of ether oxygens (including phenoxy) is 1. The molecule has 1 aromatic carbocycles. The van der Waals surface area contributed by atoms with Gasteiger partial charge in [-0.2, -0.15) is 0 Å². The van der Waals surface area contributed by atoms with Crippen LogP contribution in [-0.2, 0) is 20.7 Å². The van der Waals surface area contributed by atoms with E-state index in [-0.39, 0.29) is 18.3 Å². The van der Waals surface area contributed by atoms with E-state index in [0.29, 0.717) is 23.2 Å². The predicted molar refractivity (Wildman–Crippen MR) is 101 cm³/mol. The summed E-state index contributed by atoms with van der Waals surface area (Å²) in [5, 5.41) is 5.00. The summed E-state index contributed by atoms with van der Waals surface area (Å²) in [6.45, 7) is 4.11. The van der Waals surface area contributed by atoms with Gasteiger partial charge in [0.05, 0.1) is 24.5 Å². The zero-order valence-electron chi connectivity index (χ0n) is 13.3. The number of thioether (sulfide) groups is 1. The molecule has 0 unspecified atom stereocenters. The van der Waals surface area contributed by atoms with Crippen molar-refractivity contribution in [1.82, 2.24) is 4.98 Å². The van der Waals surface area contributed by atoms with Gasteiger partial charge in [-0.3, -0.25) is 9.59 Å². The molecule has 1 N–H and O–H groups in total. The van der Waals surface area contributed by atoms with Crippen LogP contribution in [0.5, 0.6) is 0 Å². The molecule has 8 heteroatoms. The highest BCUT2D eigenvalue weighted by Gasteiger charge is 2.11. The number of carbonyl (C=O) groups is 2. The molecule has 1 aromatic heterocycles. The fraction of sp³-hybridized carbons (Fsp3) is 0.312. The van der Waals surface area contributed by atoms with E-state index >= 15 is 0 Å². The molecule has 2 rings (SSSR count). The lowest BCUT2D eigenvalue weighted by Crippen LogP contribution is -2.14. The summed E-state index contributed by atoms with van der Waals surface area (Å²) in [6, 6.07) is 5.96. The second-order valence-electron chi connectivity index (χ2n) is 4.87. The first kappa shape index (κ1) is 19.0. The monoisotopic (exact) mass is 428 g/mol. The Morgan fingerprint density at radius 2 is 2.21 bits per heavy atom. The number of anilines is 1. The standard InChI is InChI=1S/C16H17BrN2O3S2/c1-3-22-15(21)7-12-8-24-16(18-12)19-14(20)9-23-13-5-4-11(17)6-10(13)2/h4-6,8H,3,7,9H2,1-2H3,(H,18,19,20). The number of hydrogen-bond acceptors (Lipinski definition) is 6. The second kappa shape index (κ2) is 9.19. The highest BCUT2D eigenvalue weighted by atomic mass is 79.9. The summed E-state index contributed by atoms with van der Waals surface area (Å²) in [7, 11) is 0. The molecule has 0 saturated heterocycles. The van der Waals surface area contributed by atoms with E-state index < -0.39 is 0 Å². The molecule has 0 bridgehead atoms. The summed E-state index contributed by atoms with van der Waals surface area (Å²) < 4.78 is 5.89. The Kier molecular flexibility index (Phi) is 7.26. The van der Waals surface area contributed by atoms with E-state index in [1.165, 1.54) is 23.1 Å². The Bertz CT molecular complexity index is 734. The molecule has 0 aliphatic carbocycles. The molecule has 5 nitrogen and oxygen atoms in total. The third kappa shape index (κ3) is 5.92. The van der Waals surface area contributed by atoms with Crippen molar-refractivity contribution in [2.75, 3.05) is 17.7 Å². The number of aromatic nitrogens is 1. The number of nitrogens with one attached hydrogen (secondary N) is 1. The zero-order valence-corrected chi connectivity index (χ0v) is 16.5. The Hall–Kier alpha value is -1.38. The average molecular weight is 429 g/mol. The molecular formula is C16H17BrN2O3S2. The first-order chi connectivity index (χ1) is 11.5. The van der Waals surface area contributed by atoms with Crippen LogP contribution >= 0.6 is 39.0 Å². The van der Waals surface area contributed by atoms with Gasteiger partial charge in [-0.25, -0.2) is 4.98 Å². The fourth-order valence-corrected chi connectivity index (χ4v) is 3.89. The summed E-state index contributed by atoms with van der Waals surface area (Å²) in [5.74, 6) is -0.142. The van der Waals surface area contributed by atoms with Crippen molar-refractivity contribution in [3.05, 3.63) is 39.3 Å². The number of carbonyl (C=O) groups excluding carboxylic acids is 2. The van der Waals surface area contributed by atoms with Crippen LogP contribution in [0.4, 0.5) is 5.13 Å². The predicted octanol–water partition coefficient (Wildman–Crippen LogP) is 4.05. The van der Waals surface area contributed by atoms with Gasteiger partial charge in [0.25, 0.3) is 0 Å². The number of benzene rings is 1. The Balaban J connectivity index is 1.84. The topological polar surface area (TPSA) is 68.3 Å². The van der Waals surface area contributed by atoms with Gasteiger partial charge in [0.2, 0.25) is 5.91 Å². The van der Waals surface area contributed by atoms with Gasteiger partial charge in [0.1, 0.15) is 0 Å². The maximum atomic E-state index is 12.0. The molecule has 1 amide bonds. The maximum absolute atomic E-state index is 12.0. The van der Waals surface area contributed by atoms with E-state index in [1.807, 2.05) is 25.1 Å². The van der Waals surface area contributed by atoms with Crippen LogP contribution < -0.4 is 5.32 Å². The van der Waals surface area contributed by atoms with Crippen molar-refractivity contribution in [3.63, 3.8) is 0 Å². The summed E-state index contributed by atoms with van der Waals surface area (Å²) >= 11 is 6.20. The second-order valence-corrected chi connectivity index (χ2v) is 7.66. The Morgan fingerprint density at radius 1 is 1.42 bits per heavy atom. The molecule has 0 atom stereocenters. The van der Waals surface area contributed by atoms with E-state index in [0.717, 1.165) is 14.9 Å². The third-order valence-electron chi connectivity index (χ3n) is 2.92. The molecular weight excluding hydrogens is 412 g/mol.